The molecule has 23 heavy (non-hydrogen) atoms. The molecule has 2 heterocycles. The highest BCUT2D eigenvalue weighted by Gasteiger charge is 2.26. The van der Waals surface area contributed by atoms with Gasteiger partial charge in [-0.25, -0.2) is 0 Å². The Balaban J connectivity index is 1.71. The molecule has 1 saturated heterocycles. The van der Waals surface area contributed by atoms with Gasteiger partial charge in [0.1, 0.15) is 16.5 Å². The lowest BCUT2D eigenvalue weighted by Crippen LogP contribution is -2.44. The number of benzene rings is 1. The molecule has 0 saturated carbocycles. The van der Waals surface area contributed by atoms with Crippen LogP contribution in [0.2, 0.25) is 5.02 Å². The molecule has 120 valence electrons. The van der Waals surface area contributed by atoms with E-state index >= 15 is 0 Å². The maximum Gasteiger partial charge on any atom is 0.256 e. The van der Waals surface area contributed by atoms with Gasteiger partial charge in [-0.3, -0.25) is 4.79 Å². The topological polar surface area (TPSA) is 45.3 Å². The van der Waals surface area contributed by atoms with Crippen LogP contribution in [0.5, 0.6) is 5.75 Å². The number of ether oxygens (including phenoxy) is 1. The van der Waals surface area contributed by atoms with Crippen molar-refractivity contribution in [3.8, 4) is 5.75 Å². The molecule has 0 aliphatic carbocycles. The molecule has 1 aromatic carbocycles. The summed E-state index contributed by atoms with van der Waals surface area (Å²) in [6, 6.07) is 10.9. The number of carbonyl (C=O) groups excluding carboxylic acids is 1. The van der Waals surface area contributed by atoms with E-state index in [4.69, 9.17) is 28.6 Å². The van der Waals surface area contributed by atoms with Gasteiger partial charge in [-0.1, -0.05) is 36.0 Å². The predicted molar refractivity (Wildman–Crippen MR) is 92.6 cm³/mol. The lowest BCUT2D eigenvalue weighted by molar-refractivity contribution is 0.0537. The van der Waals surface area contributed by atoms with Gasteiger partial charge in [0.05, 0.1) is 17.1 Å². The van der Waals surface area contributed by atoms with Crippen LogP contribution in [-0.2, 0) is 0 Å². The van der Waals surface area contributed by atoms with E-state index in [-0.39, 0.29) is 12.0 Å². The zero-order valence-corrected chi connectivity index (χ0v) is 14.1. The van der Waals surface area contributed by atoms with Gasteiger partial charge in [0.15, 0.2) is 0 Å². The van der Waals surface area contributed by atoms with Gasteiger partial charge in [-0.2, -0.15) is 0 Å². The van der Waals surface area contributed by atoms with Crippen LogP contribution in [-0.4, -0.2) is 35.0 Å². The van der Waals surface area contributed by atoms with Crippen molar-refractivity contribution >= 4 is 29.7 Å². The fourth-order valence-corrected chi connectivity index (χ4v) is 3.10. The number of H-pyrrole nitrogens is 1. The Labute approximate surface area is 145 Å². The second-order valence-corrected chi connectivity index (χ2v) is 6.29. The Morgan fingerprint density at radius 2 is 2.13 bits per heavy atom. The minimum absolute atomic E-state index is 0.0562. The molecule has 2 aromatic rings. The zero-order chi connectivity index (χ0) is 16.2. The van der Waals surface area contributed by atoms with Crippen LogP contribution in [0.3, 0.4) is 0 Å². The number of para-hydroxylation sites is 1. The molecule has 3 rings (SSSR count). The van der Waals surface area contributed by atoms with Crippen molar-refractivity contribution in [2.24, 2.45) is 0 Å². The van der Waals surface area contributed by atoms with E-state index in [1.165, 1.54) is 0 Å². The van der Waals surface area contributed by atoms with Crippen LogP contribution in [0.25, 0.3) is 0 Å². The van der Waals surface area contributed by atoms with Crippen LogP contribution >= 0.6 is 23.8 Å². The highest BCUT2D eigenvalue weighted by atomic mass is 35.5. The summed E-state index contributed by atoms with van der Waals surface area (Å²) in [5.41, 5.74) is 0.529. The van der Waals surface area contributed by atoms with E-state index in [0.717, 1.165) is 12.8 Å². The maximum atomic E-state index is 12.6. The monoisotopic (exact) mass is 348 g/mol. The molecular formula is C17H17ClN2O2S. The summed E-state index contributed by atoms with van der Waals surface area (Å²) in [5.74, 6) is 0.602. The smallest absolute Gasteiger partial charge is 0.256 e. The van der Waals surface area contributed by atoms with E-state index in [2.05, 4.69) is 4.98 Å². The Morgan fingerprint density at radius 3 is 2.91 bits per heavy atom. The third kappa shape index (κ3) is 3.74. The van der Waals surface area contributed by atoms with Gasteiger partial charge in [0.2, 0.25) is 0 Å². The van der Waals surface area contributed by atoms with Crippen molar-refractivity contribution in [3.05, 3.63) is 57.8 Å². The fraction of sp³-hybridized carbons (Fsp3) is 0.294. The van der Waals surface area contributed by atoms with Crippen LogP contribution in [0, 0.1) is 4.64 Å². The average molecular weight is 349 g/mol. The normalized spacial score (nSPS) is 17.8. The van der Waals surface area contributed by atoms with Crippen LogP contribution in [0.15, 0.2) is 42.6 Å². The van der Waals surface area contributed by atoms with Gasteiger partial charge in [0.25, 0.3) is 5.91 Å². The number of pyridine rings is 1. The summed E-state index contributed by atoms with van der Waals surface area (Å²) < 4.78 is 6.44. The van der Waals surface area contributed by atoms with E-state index in [0.29, 0.717) is 34.1 Å². The molecule has 1 amide bonds. The molecule has 0 unspecified atom stereocenters. The Morgan fingerprint density at radius 1 is 1.30 bits per heavy atom. The Bertz CT molecular complexity index is 762. The number of nitrogens with zero attached hydrogens (tertiary/aromatic N) is 1. The number of hydrogen-bond acceptors (Lipinski definition) is 3. The predicted octanol–water partition coefficient (Wildman–Crippen LogP) is 4.08. The summed E-state index contributed by atoms with van der Waals surface area (Å²) in [4.78, 5) is 17.3. The Hall–Kier alpha value is -1.85. The lowest BCUT2D eigenvalue weighted by atomic mass is 10.1. The fourth-order valence-electron chi connectivity index (χ4n) is 2.70. The second kappa shape index (κ2) is 7.15. The number of rotatable bonds is 3. The van der Waals surface area contributed by atoms with Gasteiger partial charge in [-0.05, 0) is 37.1 Å². The SMILES string of the molecule is O=C(c1ccc[nH]c1=S)N1CCC[C@H](Oc2ccccc2Cl)C1. The molecule has 1 aliphatic heterocycles. The standard InChI is InChI=1S/C17H17ClN2O2S/c18-14-7-1-2-8-15(14)22-12-5-4-10-20(11-12)17(21)13-6-3-9-19-16(13)23/h1-3,6-9,12H,4-5,10-11H2,(H,19,23)/t12-/m0/s1. The lowest BCUT2D eigenvalue weighted by Gasteiger charge is -2.33. The summed E-state index contributed by atoms with van der Waals surface area (Å²) in [7, 11) is 0. The number of halogens is 1. The molecule has 0 bridgehead atoms. The van der Waals surface area contributed by atoms with Gasteiger partial charge in [-0.15, -0.1) is 0 Å². The summed E-state index contributed by atoms with van der Waals surface area (Å²) in [6.45, 7) is 1.25. The zero-order valence-electron chi connectivity index (χ0n) is 12.5. The second-order valence-electron chi connectivity index (χ2n) is 5.48. The number of aromatic amines is 1. The van der Waals surface area contributed by atoms with E-state index in [1.54, 1.807) is 29.3 Å². The largest absolute Gasteiger partial charge is 0.487 e. The van der Waals surface area contributed by atoms with Crippen molar-refractivity contribution in [2.45, 2.75) is 18.9 Å². The Kier molecular flexibility index (Phi) is 4.98. The minimum atomic E-state index is -0.0612. The number of piperidine rings is 1. The third-order valence-electron chi connectivity index (χ3n) is 3.84. The summed E-state index contributed by atoms with van der Waals surface area (Å²) in [5, 5.41) is 0.585. The molecule has 0 radical (unpaired) electrons. The first kappa shape index (κ1) is 16.0. The van der Waals surface area contributed by atoms with Gasteiger partial charge in [0, 0.05) is 12.7 Å². The van der Waals surface area contributed by atoms with Crippen molar-refractivity contribution in [3.63, 3.8) is 0 Å². The molecule has 0 spiro atoms. The number of likely N-dealkylation sites (tertiary alicyclic amines) is 1. The van der Waals surface area contributed by atoms with E-state index in [1.807, 2.05) is 18.2 Å². The van der Waals surface area contributed by atoms with Crippen molar-refractivity contribution in [1.29, 1.82) is 0 Å². The molecule has 4 nitrogen and oxygen atoms in total. The maximum absolute atomic E-state index is 12.6. The first-order chi connectivity index (χ1) is 11.1. The molecule has 1 N–H and O–H groups in total. The summed E-state index contributed by atoms with van der Waals surface area (Å²) >= 11 is 11.3. The number of carbonyl (C=O) groups is 1. The molecular weight excluding hydrogens is 332 g/mol. The van der Waals surface area contributed by atoms with Crippen LogP contribution in [0.1, 0.15) is 23.2 Å². The van der Waals surface area contributed by atoms with E-state index < -0.39 is 0 Å². The average Bonchev–Trinajstić information content (AvgIpc) is 2.57. The highest BCUT2D eigenvalue weighted by molar-refractivity contribution is 7.71. The van der Waals surface area contributed by atoms with Crippen LogP contribution < -0.4 is 4.74 Å². The van der Waals surface area contributed by atoms with Crippen molar-refractivity contribution < 1.29 is 9.53 Å². The molecule has 1 fully saturated rings. The van der Waals surface area contributed by atoms with Crippen molar-refractivity contribution in [1.82, 2.24) is 9.88 Å². The molecule has 1 atom stereocenters. The quantitative estimate of drug-likeness (QED) is 0.850. The number of aromatic nitrogens is 1. The first-order valence-electron chi connectivity index (χ1n) is 7.53. The van der Waals surface area contributed by atoms with Crippen LogP contribution in [0.4, 0.5) is 0 Å². The van der Waals surface area contributed by atoms with E-state index in [9.17, 15) is 4.79 Å². The van der Waals surface area contributed by atoms with Gasteiger partial charge < -0.3 is 14.6 Å². The van der Waals surface area contributed by atoms with Crippen molar-refractivity contribution in [2.75, 3.05) is 13.1 Å². The molecule has 6 heteroatoms. The number of amides is 1. The van der Waals surface area contributed by atoms with Gasteiger partial charge >= 0.3 is 0 Å². The first-order valence-corrected chi connectivity index (χ1v) is 8.32. The number of hydrogen-bond donors (Lipinski definition) is 1. The molecule has 1 aliphatic rings. The summed E-state index contributed by atoms with van der Waals surface area (Å²) in [6.07, 6.45) is 3.45. The highest BCUT2D eigenvalue weighted by Crippen LogP contribution is 2.26. The minimum Gasteiger partial charge on any atom is -0.487 e. The third-order valence-corrected chi connectivity index (χ3v) is 4.49. The number of nitrogens with one attached hydrogen (secondary N) is 1. The molecule has 1 aromatic heterocycles.